The van der Waals surface area contributed by atoms with E-state index < -0.39 is 0 Å². The van der Waals surface area contributed by atoms with Crippen LogP contribution in [0.5, 0.6) is 5.75 Å². The highest BCUT2D eigenvalue weighted by molar-refractivity contribution is 5.44. The van der Waals surface area contributed by atoms with Gasteiger partial charge in [0.2, 0.25) is 0 Å². The lowest BCUT2D eigenvalue weighted by Gasteiger charge is -2.39. The van der Waals surface area contributed by atoms with Crippen molar-refractivity contribution in [2.45, 2.75) is 46.1 Å². The minimum Gasteiger partial charge on any atom is -0.508 e. The highest BCUT2D eigenvalue weighted by Crippen LogP contribution is 2.37. The van der Waals surface area contributed by atoms with E-state index in [4.69, 9.17) is 0 Å². The Labute approximate surface area is 146 Å². The van der Waals surface area contributed by atoms with Gasteiger partial charge in [0.25, 0.3) is 0 Å². The van der Waals surface area contributed by atoms with Crippen molar-refractivity contribution in [2.24, 2.45) is 5.92 Å². The molecule has 2 heteroatoms. The van der Waals surface area contributed by atoms with Gasteiger partial charge in [-0.15, -0.1) is 0 Å². The van der Waals surface area contributed by atoms with E-state index in [0.29, 0.717) is 17.6 Å². The van der Waals surface area contributed by atoms with Crippen LogP contribution in [-0.2, 0) is 6.42 Å². The van der Waals surface area contributed by atoms with E-state index in [0.717, 1.165) is 19.5 Å². The monoisotopic (exact) mass is 323 g/mol. The number of aromatic hydroxyl groups is 1. The largest absolute Gasteiger partial charge is 0.508 e. The average molecular weight is 323 g/mol. The van der Waals surface area contributed by atoms with Crippen molar-refractivity contribution in [3.63, 3.8) is 0 Å². The van der Waals surface area contributed by atoms with Crippen LogP contribution >= 0.6 is 0 Å². The molecular weight excluding hydrogens is 294 g/mol. The summed E-state index contributed by atoms with van der Waals surface area (Å²) in [5, 5.41) is 9.84. The van der Waals surface area contributed by atoms with Crippen LogP contribution in [0.4, 0.5) is 0 Å². The topological polar surface area (TPSA) is 23.5 Å². The smallest absolute Gasteiger partial charge is 0.115 e. The predicted molar refractivity (Wildman–Crippen MR) is 101 cm³/mol. The molecule has 2 aromatic carbocycles. The van der Waals surface area contributed by atoms with Crippen LogP contribution < -0.4 is 0 Å². The van der Waals surface area contributed by atoms with Gasteiger partial charge in [0.1, 0.15) is 5.75 Å². The fraction of sp³-hybridized carbons (Fsp3) is 0.455. The van der Waals surface area contributed by atoms with Crippen LogP contribution in [0.3, 0.4) is 0 Å². The van der Waals surface area contributed by atoms with E-state index >= 15 is 0 Å². The Balaban J connectivity index is 2.02. The molecule has 0 saturated carbocycles. The van der Waals surface area contributed by atoms with E-state index in [2.05, 4.69) is 62.9 Å². The van der Waals surface area contributed by atoms with Crippen LogP contribution in [0, 0.1) is 5.92 Å². The summed E-state index contributed by atoms with van der Waals surface area (Å²) in [7, 11) is 0. The van der Waals surface area contributed by atoms with Gasteiger partial charge in [-0.25, -0.2) is 0 Å². The number of phenolic OH excluding ortho intramolecular Hbond substituents is 1. The third kappa shape index (κ3) is 3.49. The molecule has 0 spiro atoms. The molecule has 0 unspecified atom stereocenters. The van der Waals surface area contributed by atoms with Crippen LogP contribution in [0.15, 0.2) is 42.5 Å². The van der Waals surface area contributed by atoms with Crippen molar-refractivity contribution in [2.75, 3.05) is 13.1 Å². The molecule has 0 aromatic heterocycles. The van der Waals surface area contributed by atoms with Crippen molar-refractivity contribution >= 4 is 0 Å². The summed E-state index contributed by atoms with van der Waals surface area (Å²) >= 11 is 0. The summed E-state index contributed by atoms with van der Waals surface area (Å²) in [5.74, 6) is 1.57. The Morgan fingerprint density at radius 3 is 2.38 bits per heavy atom. The number of rotatable bonds is 4. The van der Waals surface area contributed by atoms with Crippen LogP contribution in [0.25, 0.3) is 0 Å². The minimum atomic E-state index is 0.290. The first-order valence-electron chi connectivity index (χ1n) is 9.11. The SMILES string of the molecule is CC(C)CN1CCc2cc(O)ccc2[C@H]1c1ccc(C(C)C)cc1. The van der Waals surface area contributed by atoms with E-state index in [1.54, 1.807) is 0 Å². The van der Waals surface area contributed by atoms with Gasteiger partial charge in [0.05, 0.1) is 6.04 Å². The second kappa shape index (κ2) is 6.98. The highest BCUT2D eigenvalue weighted by Gasteiger charge is 2.29. The second-order valence-electron chi connectivity index (χ2n) is 7.75. The maximum Gasteiger partial charge on any atom is 0.115 e. The Kier molecular flexibility index (Phi) is 4.96. The molecule has 0 aliphatic carbocycles. The van der Waals surface area contributed by atoms with Crippen LogP contribution in [0.1, 0.15) is 61.9 Å². The number of fused-ring (bicyclic) bond motifs is 1. The van der Waals surface area contributed by atoms with Gasteiger partial charge >= 0.3 is 0 Å². The Bertz CT molecular complexity index is 688. The molecule has 0 fully saturated rings. The number of hydrogen-bond donors (Lipinski definition) is 1. The van der Waals surface area contributed by atoms with Gasteiger partial charge in [-0.05, 0) is 52.6 Å². The molecule has 24 heavy (non-hydrogen) atoms. The zero-order valence-corrected chi connectivity index (χ0v) is 15.3. The van der Waals surface area contributed by atoms with Gasteiger partial charge in [-0.1, -0.05) is 58.0 Å². The predicted octanol–water partition coefficient (Wildman–Crippen LogP) is 5.12. The summed E-state index contributed by atoms with van der Waals surface area (Å²) in [6.45, 7) is 11.2. The van der Waals surface area contributed by atoms with Crippen molar-refractivity contribution in [1.82, 2.24) is 4.90 Å². The van der Waals surface area contributed by atoms with Gasteiger partial charge in [-0.2, -0.15) is 0 Å². The van der Waals surface area contributed by atoms with E-state index in [-0.39, 0.29) is 6.04 Å². The second-order valence-corrected chi connectivity index (χ2v) is 7.75. The zero-order valence-electron chi connectivity index (χ0n) is 15.3. The van der Waals surface area contributed by atoms with Crippen molar-refractivity contribution in [3.05, 3.63) is 64.7 Å². The zero-order chi connectivity index (χ0) is 17.3. The lowest BCUT2D eigenvalue weighted by atomic mass is 9.86. The summed E-state index contributed by atoms with van der Waals surface area (Å²) < 4.78 is 0. The maximum atomic E-state index is 9.84. The number of benzene rings is 2. The first kappa shape index (κ1) is 17.0. The van der Waals surface area contributed by atoms with Crippen LogP contribution in [-0.4, -0.2) is 23.1 Å². The Morgan fingerprint density at radius 1 is 1.04 bits per heavy atom. The Morgan fingerprint density at radius 2 is 1.75 bits per heavy atom. The van der Waals surface area contributed by atoms with Gasteiger partial charge in [-0.3, -0.25) is 4.90 Å². The number of nitrogens with zero attached hydrogens (tertiary/aromatic N) is 1. The van der Waals surface area contributed by atoms with E-state index in [1.165, 1.54) is 22.3 Å². The summed E-state index contributed by atoms with van der Waals surface area (Å²) in [6, 6.07) is 15.3. The molecule has 0 bridgehead atoms. The van der Waals surface area contributed by atoms with Crippen LogP contribution in [0.2, 0.25) is 0 Å². The molecular formula is C22H29NO. The molecule has 0 radical (unpaired) electrons. The average Bonchev–Trinajstić information content (AvgIpc) is 2.54. The molecule has 3 rings (SSSR count). The van der Waals surface area contributed by atoms with Crippen molar-refractivity contribution in [1.29, 1.82) is 0 Å². The first-order chi connectivity index (χ1) is 11.5. The van der Waals surface area contributed by atoms with Gasteiger partial charge in [0.15, 0.2) is 0 Å². The van der Waals surface area contributed by atoms with Gasteiger partial charge < -0.3 is 5.11 Å². The van der Waals surface area contributed by atoms with E-state index in [1.807, 2.05) is 12.1 Å². The van der Waals surface area contributed by atoms with Gasteiger partial charge in [0, 0.05) is 13.1 Å². The lowest BCUT2D eigenvalue weighted by molar-refractivity contribution is 0.190. The molecule has 1 aliphatic rings. The molecule has 0 saturated heterocycles. The maximum absolute atomic E-state index is 9.84. The highest BCUT2D eigenvalue weighted by atomic mass is 16.3. The molecule has 1 aliphatic heterocycles. The molecule has 2 nitrogen and oxygen atoms in total. The summed E-state index contributed by atoms with van der Waals surface area (Å²) in [4.78, 5) is 2.59. The minimum absolute atomic E-state index is 0.290. The van der Waals surface area contributed by atoms with Crippen molar-refractivity contribution in [3.8, 4) is 5.75 Å². The third-order valence-electron chi connectivity index (χ3n) is 4.97. The van der Waals surface area contributed by atoms with Crippen molar-refractivity contribution < 1.29 is 5.11 Å². The molecule has 1 atom stereocenters. The normalized spacial score (nSPS) is 18.2. The Hall–Kier alpha value is -1.80. The lowest BCUT2D eigenvalue weighted by Crippen LogP contribution is -2.38. The molecule has 128 valence electrons. The fourth-order valence-electron chi connectivity index (χ4n) is 3.78. The van der Waals surface area contributed by atoms with E-state index in [9.17, 15) is 5.11 Å². The number of hydrogen-bond acceptors (Lipinski definition) is 2. The molecule has 2 aromatic rings. The molecule has 1 N–H and O–H groups in total. The quantitative estimate of drug-likeness (QED) is 0.844. The number of phenols is 1. The third-order valence-corrected chi connectivity index (χ3v) is 4.97. The molecule has 0 amide bonds. The summed E-state index contributed by atoms with van der Waals surface area (Å²) in [6.07, 6.45) is 1.01. The standard InChI is InChI=1S/C22H29NO/c1-15(2)14-23-12-11-19-13-20(24)9-10-21(19)22(23)18-7-5-17(6-8-18)16(3)4/h5-10,13,15-16,22,24H,11-12,14H2,1-4H3/t22-/m1/s1. The first-order valence-corrected chi connectivity index (χ1v) is 9.11. The summed E-state index contributed by atoms with van der Waals surface area (Å²) in [5.41, 5.74) is 5.37. The molecule has 1 heterocycles. The fourth-order valence-corrected chi connectivity index (χ4v) is 3.78.